The number of hydrogen-bond acceptors (Lipinski definition) is 5. The molecule has 5 nitrogen and oxygen atoms in total. The SMILES string of the molecule is O=C1c2ccccc2N[C@@H](c2ccsc2)[C@@H]1[N+](=O)[O-]. The normalized spacial score (nSPS) is 21.6. The summed E-state index contributed by atoms with van der Waals surface area (Å²) in [6, 6.07) is 6.82. The lowest BCUT2D eigenvalue weighted by atomic mass is 9.89. The molecule has 2 atom stereocenters. The fourth-order valence-corrected chi connectivity index (χ4v) is 3.01. The summed E-state index contributed by atoms with van der Waals surface area (Å²) in [7, 11) is 0. The molecule has 6 heteroatoms. The van der Waals surface area contributed by atoms with Crippen LogP contribution in [0.15, 0.2) is 41.1 Å². The van der Waals surface area contributed by atoms with E-state index in [1.54, 1.807) is 30.3 Å². The van der Waals surface area contributed by atoms with Gasteiger partial charge in [-0.05, 0) is 34.5 Å². The van der Waals surface area contributed by atoms with Gasteiger partial charge >= 0.3 is 0 Å². The van der Waals surface area contributed by atoms with E-state index in [9.17, 15) is 14.9 Å². The number of nitrogens with zero attached hydrogens (tertiary/aromatic N) is 1. The van der Waals surface area contributed by atoms with E-state index in [0.29, 0.717) is 11.3 Å². The van der Waals surface area contributed by atoms with Crippen LogP contribution < -0.4 is 5.32 Å². The van der Waals surface area contributed by atoms with Gasteiger partial charge in [0.1, 0.15) is 6.04 Å². The highest BCUT2D eigenvalue weighted by molar-refractivity contribution is 7.08. The number of nitrogens with one attached hydrogen (secondary N) is 1. The molecule has 96 valence electrons. The van der Waals surface area contributed by atoms with Crippen LogP contribution in [0, 0.1) is 10.1 Å². The summed E-state index contributed by atoms with van der Waals surface area (Å²) in [6.07, 6.45) is 0. The van der Waals surface area contributed by atoms with Crippen LogP contribution in [0.2, 0.25) is 0 Å². The van der Waals surface area contributed by atoms with Gasteiger partial charge in [-0.1, -0.05) is 12.1 Å². The number of ketones is 1. The van der Waals surface area contributed by atoms with E-state index >= 15 is 0 Å². The maximum Gasteiger partial charge on any atom is 0.298 e. The predicted molar refractivity (Wildman–Crippen MR) is 72.2 cm³/mol. The Bertz CT molecular complexity index is 639. The van der Waals surface area contributed by atoms with Crippen molar-refractivity contribution in [3.63, 3.8) is 0 Å². The molecule has 0 spiro atoms. The molecule has 0 saturated carbocycles. The van der Waals surface area contributed by atoms with Gasteiger partial charge in [-0.3, -0.25) is 14.9 Å². The first-order valence-corrected chi connectivity index (χ1v) is 6.68. The Labute approximate surface area is 113 Å². The van der Waals surface area contributed by atoms with Gasteiger partial charge in [0.2, 0.25) is 5.78 Å². The molecule has 3 rings (SSSR count). The third-order valence-electron chi connectivity index (χ3n) is 3.22. The quantitative estimate of drug-likeness (QED) is 0.675. The lowest BCUT2D eigenvalue weighted by Gasteiger charge is -2.27. The standard InChI is InChI=1S/C13H10N2O3S/c16-13-9-3-1-2-4-10(9)14-11(12(13)15(17)18)8-5-6-19-7-8/h1-7,11-12,14H/t11-,12-/m0/s1. The Kier molecular flexibility index (Phi) is 2.79. The molecule has 1 aliphatic heterocycles. The minimum absolute atomic E-state index is 0.385. The number of nitro groups is 1. The topological polar surface area (TPSA) is 72.2 Å². The predicted octanol–water partition coefficient (Wildman–Crippen LogP) is 2.74. The van der Waals surface area contributed by atoms with Gasteiger partial charge in [-0.15, -0.1) is 0 Å². The molecule has 1 aliphatic rings. The van der Waals surface area contributed by atoms with Crippen molar-refractivity contribution in [1.82, 2.24) is 0 Å². The van der Waals surface area contributed by atoms with Gasteiger partial charge in [0, 0.05) is 16.2 Å². The average Bonchev–Trinajstić information content (AvgIpc) is 2.92. The van der Waals surface area contributed by atoms with Crippen molar-refractivity contribution in [3.8, 4) is 0 Å². The molecule has 0 unspecified atom stereocenters. The van der Waals surface area contributed by atoms with Crippen molar-refractivity contribution in [2.75, 3.05) is 5.32 Å². The third kappa shape index (κ3) is 1.90. The number of Topliss-reactive ketones (excluding diaryl/α,β-unsaturated/α-hetero) is 1. The zero-order chi connectivity index (χ0) is 13.4. The summed E-state index contributed by atoms with van der Waals surface area (Å²) in [6.45, 7) is 0. The van der Waals surface area contributed by atoms with Crippen molar-refractivity contribution in [2.45, 2.75) is 12.1 Å². The molecule has 0 radical (unpaired) electrons. The molecule has 0 bridgehead atoms. The molecular weight excluding hydrogens is 264 g/mol. The van der Waals surface area contributed by atoms with E-state index in [1.807, 2.05) is 10.8 Å². The number of hydrogen-bond donors (Lipinski definition) is 1. The number of para-hydroxylation sites is 1. The van der Waals surface area contributed by atoms with Gasteiger partial charge in [-0.2, -0.15) is 11.3 Å². The van der Waals surface area contributed by atoms with E-state index in [0.717, 1.165) is 5.56 Å². The first-order chi connectivity index (χ1) is 9.18. The van der Waals surface area contributed by atoms with Crippen LogP contribution in [0.4, 0.5) is 5.69 Å². The summed E-state index contributed by atoms with van der Waals surface area (Å²) < 4.78 is 0. The molecule has 2 heterocycles. The van der Waals surface area contributed by atoms with E-state index in [4.69, 9.17) is 0 Å². The van der Waals surface area contributed by atoms with Crippen molar-refractivity contribution in [2.24, 2.45) is 0 Å². The number of anilines is 1. The van der Waals surface area contributed by atoms with Gasteiger partial charge in [0.25, 0.3) is 6.04 Å². The Morgan fingerprint density at radius 3 is 2.74 bits per heavy atom. The third-order valence-corrected chi connectivity index (χ3v) is 3.92. The number of carbonyl (C=O) groups is 1. The van der Waals surface area contributed by atoms with Crippen LogP contribution in [0.5, 0.6) is 0 Å². The summed E-state index contributed by atoms with van der Waals surface area (Å²) >= 11 is 1.46. The van der Waals surface area contributed by atoms with Crippen LogP contribution in [0.25, 0.3) is 0 Å². The highest BCUT2D eigenvalue weighted by Crippen LogP contribution is 2.34. The van der Waals surface area contributed by atoms with Crippen LogP contribution in [-0.2, 0) is 0 Å². The zero-order valence-corrected chi connectivity index (χ0v) is 10.6. The summed E-state index contributed by atoms with van der Waals surface area (Å²) in [4.78, 5) is 23.0. The average molecular weight is 274 g/mol. The first kappa shape index (κ1) is 11.9. The number of carbonyl (C=O) groups excluding carboxylic acids is 1. The number of fused-ring (bicyclic) bond motifs is 1. The molecule has 0 amide bonds. The molecule has 19 heavy (non-hydrogen) atoms. The fraction of sp³-hybridized carbons (Fsp3) is 0.154. The Morgan fingerprint density at radius 1 is 1.26 bits per heavy atom. The minimum atomic E-state index is -1.27. The maximum absolute atomic E-state index is 12.3. The molecule has 0 aliphatic carbocycles. The van der Waals surface area contributed by atoms with Crippen LogP contribution in [0.3, 0.4) is 0 Å². The molecular formula is C13H10N2O3S. The highest BCUT2D eigenvalue weighted by atomic mass is 32.1. The molecule has 0 saturated heterocycles. The summed E-state index contributed by atoms with van der Waals surface area (Å²) in [5.74, 6) is -0.435. The van der Waals surface area contributed by atoms with Gasteiger partial charge in [0.15, 0.2) is 0 Å². The van der Waals surface area contributed by atoms with Crippen molar-refractivity contribution in [1.29, 1.82) is 0 Å². The van der Waals surface area contributed by atoms with Gasteiger partial charge in [0.05, 0.1) is 0 Å². The van der Waals surface area contributed by atoms with Crippen LogP contribution in [-0.4, -0.2) is 16.7 Å². The van der Waals surface area contributed by atoms with E-state index in [2.05, 4.69) is 5.32 Å². The molecule has 1 N–H and O–H groups in total. The van der Waals surface area contributed by atoms with Crippen molar-refractivity contribution in [3.05, 3.63) is 62.3 Å². The molecule has 0 fully saturated rings. The highest BCUT2D eigenvalue weighted by Gasteiger charge is 2.44. The number of benzene rings is 1. The van der Waals surface area contributed by atoms with Crippen molar-refractivity contribution >= 4 is 22.8 Å². The Morgan fingerprint density at radius 2 is 2.05 bits per heavy atom. The van der Waals surface area contributed by atoms with Crippen LogP contribution >= 0.6 is 11.3 Å². The summed E-state index contributed by atoms with van der Waals surface area (Å²) in [5, 5.41) is 18.0. The second kappa shape index (κ2) is 4.47. The van der Waals surface area contributed by atoms with Gasteiger partial charge in [-0.25, -0.2) is 0 Å². The Balaban J connectivity index is 2.11. The second-order valence-corrected chi connectivity index (χ2v) is 5.10. The molecule has 1 aromatic carbocycles. The number of thiophene rings is 1. The van der Waals surface area contributed by atoms with E-state index in [-0.39, 0.29) is 0 Å². The monoisotopic (exact) mass is 274 g/mol. The smallest absolute Gasteiger partial charge is 0.298 e. The van der Waals surface area contributed by atoms with Gasteiger partial charge < -0.3 is 5.32 Å². The minimum Gasteiger partial charge on any atom is -0.371 e. The first-order valence-electron chi connectivity index (χ1n) is 5.74. The second-order valence-electron chi connectivity index (χ2n) is 4.32. The molecule has 2 aromatic rings. The largest absolute Gasteiger partial charge is 0.371 e. The zero-order valence-electron chi connectivity index (χ0n) is 9.78. The fourth-order valence-electron chi connectivity index (χ4n) is 2.32. The van der Waals surface area contributed by atoms with Crippen LogP contribution in [0.1, 0.15) is 22.0 Å². The van der Waals surface area contributed by atoms with E-state index in [1.165, 1.54) is 11.3 Å². The maximum atomic E-state index is 12.3. The lowest BCUT2D eigenvalue weighted by molar-refractivity contribution is -0.508. The molecule has 1 aromatic heterocycles. The summed E-state index contributed by atoms with van der Waals surface area (Å²) in [5.41, 5.74) is 1.81. The Hall–Kier alpha value is -2.21. The number of rotatable bonds is 2. The lowest BCUT2D eigenvalue weighted by Crippen LogP contribution is -2.43. The van der Waals surface area contributed by atoms with Crippen molar-refractivity contribution < 1.29 is 9.72 Å². The van der Waals surface area contributed by atoms with E-state index < -0.39 is 22.8 Å².